The monoisotopic (exact) mass is 485 g/mol. The number of nitrogens with zero attached hydrogens (tertiary/aromatic N) is 1. The zero-order valence-corrected chi connectivity index (χ0v) is 21.0. The van der Waals surface area contributed by atoms with Crippen LogP contribution < -0.4 is 15.4 Å². The minimum atomic E-state index is -0.805. The molecule has 0 spiro atoms. The Bertz CT molecular complexity index is 955. The maximum absolute atomic E-state index is 13.6. The van der Waals surface area contributed by atoms with E-state index in [9.17, 15) is 14.4 Å². The number of thiophene rings is 1. The third-order valence-corrected chi connectivity index (χ3v) is 6.95. The van der Waals surface area contributed by atoms with Gasteiger partial charge in [-0.1, -0.05) is 44.9 Å². The number of rotatable bonds is 11. The molecule has 0 saturated heterocycles. The van der Waals surface area contributed by atoms with Crippen molar-refractivity contribution >= 4 is 29.1 Å². The van der Waals surface area contributed by atoms with Gasteiger partial charge in [-0.25, -0.2) is 0 Å². The van der Waals surface area contributed by atoms with Crippen LogP contribution in [0.5, 0.6) is 5.75 Å². The number of ether oxygens (including phenoxy) is 1. The lowest BCUT2D eigenvalue weighted by atomic mass is 10.0. The Labute approximate surface area is 205 Å². The molecule has 1 heterocycles. The highest BCUT2D eigenvalue weighted by molar-refractivity contribution is 7.12. The highest BCUT2D eigenvalue weighted by atomic mass is 32.1. The minimum Gasteiger partial charge on any atom is -0.497 e. The van der Waals surface area contributed by atoms with Crippen molar-refractivity contribution in [3.8, 4) is 5.75 Å². The fraction of sp³-hybridized carbons (Fsp3) is 0.500. The van der Waals surface area contributed by atoms with E-state index >= 15 is 0 Å². The van der Waals surface area contributed by atoms with Crippen LogP contribution in [0.4, 0.5) is 0 Å². The van der Waals surface area contributed by atoms with Gasteiger partial charge in [0.2, 0.25) is 11.8 Å². The van der Waals surface area contributed by atoms with Crippen molar-refractivity contribution in [1.29, 1.82) is 0 Å². The molecule has 1 aromatic carbocycles. The van der Waals surface area contributed by atoms with Crippen LogP contribution in [0.15, 0.2) is 41.8 Å². The molecule has 34 heavy (non-hydrogen) atoms. The van der Waals surface area contributed by atoms with E-state index in [0.717, 1.165) is 32.1 Å². The van der Waals surface area contributed by atoms with Gasteiger partial charge < -0.3 is 20.3 Å². The van der Waals surface area contributed by atoms with E-state index in [-0.39, 0.29) is 30.3 Å². The van der Waals surface area contributed by atoms with E-state index in [2.05, 4.69) is 24.5 Å². The van der Waals surface area contributed by atoms with Gasteiger partial charge in [0.25, 0.3) is 5.91 Å². The van der Waals surface area contributed by atoms with E-state index < -0.39 is 6.04 Å². The first-order valence-corrected chi connectivity index (χ1v) is 12.8. The molecule has 1 saturated carbocycles. The second-order valence-corrected chi connectivity index (χ2v) is 10.0. The van der Waals surface area contributed by atoms with Gasteiger partial charge >= 0.3 is 0 Å². The number of carbonyl (C=O) groups is 3. The van der Waals surface area contributed by atoms with Gasteiger partial charge in [-0.3, -0.25) is 14.4 Å². The average molecular weight is 486 g/mol. The molecule has 3 amide bonds. The van der Waals surface area contributed by atoms with E-state index in [1.54, 1.807) is 30.2 Å². The number of hydrogen-bond acceptors (Lipinski definition) is 5. The summed E-state index contributed by atoms with van der Waals surface area (Å²) in [6, 6.07) is 10.1. The van der Waals surface area contributed by atoms with E-state index in [0.29, 0.717) is 28.7 Å². The fourth-order valence-corrected chi connectivity index (χ4v) is 4.82. The number of amides is 3. The molecule has 1 aliphatic carbocycles. The van der Waals surface area contributed by atoms with Crippen LogP contribution in [0.2, 0.25) is 0 Å². The van der Waals surface area contributed by atoms with Gasteiger partial charge in [0.05, 0.1) is 18.5 Å². The quantitative estimate of drug-likeness (QED) is 0.500. The summed E-state index contributed by atoms with van der Waals surface area (Å²) in [7, 11) is 1.58. The number of hydrogen-bond donors (Lipinski definition) is 2. The molecule has 7 nitrogen and oxygen atoms in total. The van der Waals surface area contributed by atoms with Gasteiger partial charge in [0.1, 0.15) is 11.8 Å². The van der Waals surface area contributed by atoms with Crippen molar-refractivity contribution in [2.75, 3.05) is 20.2 Å². The minimum absolute atomic E-state index is 0.126. The SMILES string of the molecule is COc1cccc([C@H](C(=O)NC2CCCC2)N(CCC(C)C)C(=O)CNC(=O)c2cccs2)c1. The predicted molar refractivity (Wildman–Crippen MR) is 134 cm³/mol. The van der Waals surface area contributed by atoms with Crippen molar-refractivity contribution in [3.63, 3.8) is 0 Å². The molecule has 2 N–H and O–H groups in total. The van der Waals surface area contributed by atoms with Crippen molar-refractivity contribution in [1.82, 2.24) is 15.5 Å². The molecule has 0 radical (unpaired) electrons. The Hall–Kier alpha value is -2.87. The highest BCUT2D eigenvalue weighted by Gasteiger charge is 2.33. The predicted octanol–water partition coefficient (Wildman–Crippen LogP) is 4.16. The third kappa shape index (κ3) is 7.06. The zero-order chi connectivity index (χ0) is 24.5. The van der Waals surface area contributed by atoms with Crippen LogP contribution >= 0.6 is 11.3 Å². The Balaban J connectivity index is 1.86. The largest absolute Gasteiger partial charge is 0.497 e. The van der Waals surface area contributed by atoms with Crippen molar-refractivity contribution in [3.05, 3.63) is 52.2 Å². The summed E-state index contributed by atoms with van der Waals surface area (Å²) < 4.78 is 5.39. The van der Waals surface area contributed by atoms with E-state index in [1.165, 1.54) is 11.3 Å². The summed E-state index contributed by atoms with van der Waals surface area (Å²) in [5.41, 5.74) is 0.691. The summed E-state index contributed by atoms with van der Waals surface area (Å²) in [6.45, 7) is 4.40. The Morgan fingerprint density at radius 2 is 1.91 bits per heavy atom. The smallest absolute Gasteiger partial charge is 0.261 e. The standard InChI is InChI=1S/C26H35N3O4S/c1-18(2)13-14-29(23(30)17-27-25(31)22-12-7-15-34-22)24(19-8-6-11-21(16-19)33-3)26(32)28-20-9-4-5-10-20/h6-8,11-12,15-16,18,20,24H,4-5,9-10,13-14,17H2,1-3H3,(H,27,31)(H,28,32)/t24-/m1/s1. The number of nitrogens with one attached hydrogen (secondary N) is 2. The number of carbonyl (C=O) groups excluding carboxylic acids is 3. The van der Waals surface area contributed by atoms with Gasteiger partial charge in [-0.15, -0.1) is 11.3 Å². The number of benzene rings is 1. The zero-order valence-electron chi connectivity index (χ0n) is 20.2. The second kappa shape index (κ2) is 12.6. The van der Waals surface area contributed by atoms with E-state index in [4.69, 9.17) is 4.74 Å². The number of methoxy groups -OCH3 is 1. The molecule has 0 bridgehead atoms. The van der Waals surface area contributed by atoms with Crippen LogP contribution in [-0.2, 0) is 9.59 Å². The molecule has 2 aromatic rings. The molecule has 8 heteroatoms. The molecule has 1 fully saturated rings. The Morgan fingerprint density at radius 1 is 1.15 bits per heavy atom. The van der Waals surface area contributed by atoms with Gasteiger partial charge in [0, 0.05) is 12.6 Å². The maximum atomic E-state index is 13.6. The molecule has 1 atom stereocenters. The molecule has 3 rings (SSSR count). The summed E-state index contributed by atoms with van der Waals surface area (Å²) in [5, 5.41) is 7.70. The third-order valence-electron chi connectivity index (χ3n) is 6.08. The molecular formula is C26H35N3O4S. The van der Waals surface area contributed by atoms with Crippen LogP contribution in [0.1, 0.15) is 67.2 Å². The first-order chi connectivity index (χ1) is 16.4. The molecule has 0 aliphatic heterocycles. The molecule has 184 valence electrons. The summed E-state index contributed by atoms with van der Waals surface area (Å²) in [5.74, 6) is 0.195. The van der Waals surface area contributed by atoms with Gasteiger partial charge in [-0.05, 0) is 54.3 Å². The summed E-state index contributed by atoms with van der Waals surface area (Å²) >= 11 is 1.32. The molecule has 1 aromatic heterocycles. The van der Waals surface area contributed by atoms with E-state index in [1.807, 2.05) is 23.6 Å². The second-order valence-electron chi connectivity index (χ2n) is 9.10. The first-order valence-electron chi connectivity index (χ1n) is 11.9. The lowest BCUT2D eigenvalue weighted by molar-refractivity contribution is -0.140. The van der Waals surface area contributed by atoms with Crippen molar-refractivity contribution < 1.29 is 19.1 Å². The van der Waals surface area contributed by atoms with Crippen LogP contribution in [0.25, 0.3) is 0 Å². The van der Waals surface area contributed by atoms with Gasteiger partial charge in [0.15, 0.2) is 0 Å². The lowest BCUT2D eigenvalue weighted by Crippen LogP contribution is -2.49. The Kier molecular flexibility index (Phi) is 9.51. The molecule has 1 aliphatic rings. The first kappa shape index (κ1) is 25.7. The van der Waals surface area contributed by atoms with Crippen molar-refractivity contribution in [2.45, 2.75) is 58.0 Å². The van der Waals surface area contributed by atoms with Crippen LogP contribution in [0, 0.1) is 5.92 Å². The van der Waals surface area contributed by atoms with Crippen LogP contribution in [-0.4, -0.2) is 48.9 Å². The normalized spacial score (nSPS) is 14.6. The average Bonchev–Trinajstić information content (AvgIpc) is 3.54. The summed E-state index contributed by atoms with van der Waals surface area (Å²) in [6.07, 6.45) is 4.83. The maximum Gasteiger partial charge on any atom is 0.261 e. The lowest BCUT2D eigenvalue weighted by Gasteiger charge is -2.33. The summed E-state index contributed by atoms with van der Waals surface area (Å²) in [4.78, 5) is 41.6. The topological polar surface area (TPSA) is 87.7 Å². The molecule has 0 unspecified atom stereocenters. The Morgan fingerprint density at radius 3 is 2.56 bits per heavy atom. The van der Waals surface area contributed by atoms with Crippen molar-refractivity contribution in [2.24, 2.45) is 5.92 Å². The highest BCUT2D eigenvalue weighted by Crippen LogP contribution is 2.27. The van der Waals surface area contributed by atoms with Gasteiger partial charge in [-0.2, -0.15) is 0 Å². The fourth-order valence-electron chi connectivity index (χ4n) is 4.18. The molecular weight excluding hydrogens is 450 g/mol. The van der Waals surface area contributed by atoms with Crippen LogP contribution in [0.3, 0.4) is 0 Å².